The highest BCUT2D eigenvalue weighted by molar-refractivity contribution is 5.47. The van der Waals surface area contributed by atoms with Crippen LogP contribution in [-0.2, 0) is 6.42 Å². The van der Waals surface area contributed by atoms with E-state index in [1.807, 2.05) is 6.07 Å². The lowest BCUT2D eigenvalue weighted by Gasteiger charge is -2.36. The maximum absolute atomic E-state index is 5.84. The Morgan fingerprint density at radius 3 is 2.67 bits per heavy atom. The molecule has 0 aromatic heterocycles. The molecule has 0 fully saturated rings. The van der Waals surface area contributed by atoms with E-state index in [0.717, 1.165) is 5.69 Å². The molecular weight excluding hydrogens is 182 g/mol. The van der Waals surface area contributed by atoms with Gasteiger partial charge in [0.25, 0.3) is 0 Å². The molecule has 1 atom stereocenters. The number of nitrogen functional groups attached to an aromatic ring is 1. The van der Waals surface area contributed by atoms with E-state index in [-0.39, 0.29) is 0 Å². The van der Waals surface area contributed by atoms with Crippen molar-refractivity contribution in [3.8, 4) is 0 Å². The highest BCUT2D eigenvalue weighted by Crippen LogP contribution is 2.43. The van der Waals surface area contributed by atoms with E-state index >= 15 is 0 Å². The van der Waals surface area contributed by atoms with Crippen molar-refractivity contribution in [1.29, 1.82) is 0 Å². The normalized spacial score (nSPS) is 21.1. The van der Waals surface area contributed by atoms with Crippen LogP contribution in [0.25, 0.3) is 0 Å². The Hall–Kier alpha value is -0.980. The maximum atomic E-state index is 5.84. The summed E-state index contributed by atoms with van der Waals surface area (Å²) >= 11 is 0. The van der Waals surface area contributed by atoms with Crippen molar-refractivity contribution >= 4 is 5.69 Å². The van der Waals surface area contributed by atoms with Gasteiger partial charge in [0.2, 0.25) is 0 Å². The van der Waals surface area contributed by atoms with Gasteiger partial charge in [-0.2, -0.15) is 0 Å². The van der Waals surface area contributed by atoms with Crippen LogP contribution in [0.3, 0.4) is 0 Å². The maximum Gasteiger partial charge on any atom is 0.0316 e. The van der Waals surface area contributed by atoms with Crippen LogP contribution in [0.4, 0.5) is 5.69 Å². The van der Waals surface area contributed by atoms with Crippen LogP contribution < -0.4 is 5.73 Å². The molecule has 1 nitrogen and oxygen atoms in total. The fourth-order valence-corrected chi connectivity index (χ4v) is 2.73. The smallest absolute Gasteiger partial charge is 0.0316 e. The molecule has 1 aromatic rings. The van der Waals surface area contributed by atoms with Crippen molar-refractivity contribution in [2.75, 3.05) is 5.73 Å². The molecule has 0 saturated heterocycles. The quantitative estimate of drug-likeness (QED) is 0.639. The van der Waals surface area contributed by atoms with Gasteiger partial charge >= 0.3 is 0 Å². The van der Waals surface area contributed by atoms with Gasteiger partial charge in [0.05, 0.1) is 0 Å². The van der Waals surface area contributed by atoms with Gasteiger partial charge in [0, 0.05) is 5.69 Å². The highest BCUT2D eigenvalue weighted by Gasteiger charge is 2.30. The third kappa shape index (κ3) is 2.01. The van der Waals surface area contributed by atoms with Crippen LogP contribution in [-0.4, -0.2) is 0 Å². The molecule has 0 radical (unpaired) electrons. The lowest BCUT2D eigenvalue weighted by Crippen LogP contribution is -2.23. The monoisotopic (exact) mass is 203 g/mol. The van der Waals surface area contributed by atoms with Crippen molar-refractivity contribution in [2.24, 2.45) is 5.41 Å². The van der Waals surface area contributed by atoms with Crippen LogP contribution in [0.1, 0.15) is 50.7 Å². The van der Waals surface area contributed by atoms with E-state index in [2.05, 4.69) is 32.9 Å². The summed E-state index contributed by atoms with van der Waals surface area (Å²) in [6, 6.07) is 6.44. The predicted molar refractivity (Wildman–Crippen MR) is 66.0 cm³/mol. The van der Waals surface area contributed by atoms with Crippen molar-refractivity contribution in [1.82, 2.24) is 0 Å². The standard InChI is InChI=1S/C14H21N/c1-14(2,3)13-6-4-5-10-9-11(15)7-8-12(10)13/h7-9,13H,4-6,15H2,1-3H3/t13-/m1/s1. The van der Waals surface area contributed by atoms with Crippen molar-refractivity contribution in [3.05, 3.63) is 29.3 Å². The van der Waals surface area contributed by atoms with Crippen molar-refractivity contribution in [2.45, 2.75) is 46.0 Å². The molecule has 1 heteroatoms. The average molecular weight is 203 g/mol. The van der Waals surface area contributed by atoms with Crippen LogP contribution in [0.2, 0.25) is 0 Å². The highest BCUT2D eigenvalue weighted by atomic mass is 14.5. The number of rotatable bonds is 0. The molecule has 1 aliphatic carbocycles. The Labute approximate surface area is 92.7 Å². The number of benzene rings is 1. The van der Waals surface area contributed by atoms with Gasteiger partial charge in [-0.3, -0.25) is 0 Å². The molecular formula is C14H21N. The second-order valence-corrected chi connectivity index (χ2v) is 5.77. The molecule has 0 unspecified atom stereocenters. The van der Waals surface area contributed by atoms with E-state index in [1.54, 1.807) is 0 Å². The SMILES string of the molecule is CC(C)(C)[C@@H]1CCCc2cc(N)ccc21. The van der Waals surface area contributed by atoms with E-state index in [4.69, 9.17) is 5.73 Å². The van der Waals surface area contributed by atoms with Crippen molar-refractivity contribution < 1.29 is 0 Å². The summed E-state index contributed by atoms with van der Waals surface area (Å²) in [5.41, 5.74) is 10.1. The van der Waals surface area contributed by atoms with Gasteiger partial charge in [0.1, 0.15) is 0 Å². The second-order valence-electron chi connectivity index (χ2n) is 5.77. The molecule has 0 saturated carbocycles. The summed E-state index contributed by atoms with van der Waals surface area (Å²) in [4.78, 5) is 0. The number of hydrogen-bond donors (Lipinski definition) is 1. The first-order valence-electron chi connectivity index (χ1n) is 5.87. The van der Waals surface area contributed by atoms with E-state index < -0.39 is 0 Å². The minimum absolute atomic E-state index is 0.366. The molecule has 1 aliphatic rings. The first-order chi connectivity index (χ1) is 6.98. The number of fused-ring (bicyclic) bond motifs is 1. The molecule has 2 N–H and O–H groups in total. The number of nitrogens with two attached hydrogens (primary N) is 1. The van der Waals surface area contributed by atoms with E-state index in [9.17, 15) is 0 Å². The summed E-state index contributed by atoms with van der Waals surface area (Å²) in [7, 11) is 0. The van der Waals surface area contributed by atoms with Gasteiger partial charge in [0.15, 0.2) is 0 Å². The van der Waals surface area contributed by atoms with Gasteiger partial charge in [-0.05, 0) is 53.9 Å². The summed E-state index contributed by atoms with van der Waals surface area (Å²) in [6.07, 6.45) is 3.83. The zero-order valence-electron chi connectivity index (χ0n) is 10.0. The Kier molecular flexibility index (Phi) is 2.49. The molecule has 0 spiro atoms. The van der Waals surface area contributed by atoms with Crippen LogP contribution in [0.15, 0.2) is 18.2 Å². The lowest BCUT2D eigenvalue weighted by atomic mass is 9.69. The zero-order valence-corrected chi connectivity index (χ0v) is 10.0. The largest absolute Gasteiger partial charge is 0.399 e. The van der Waals surface area contributed by atoms with Gasteiger partial charge < -0.3 is 5.73 Å². The number of anilines is 1. The molecule has 0 aliphatic heterocycles. The molecule has 0 amide bonds. The van der Waals surface area contributed by atoms with Crippen LogP contribution in [0.5, 0.6) is 0 Å². The van der Waals surface area contributed by atoms with E-state index in [0.29, 0.717) is 11.3 Å². The van der Waals surface area contributed by atoms with Gasteiger partial charge in [-0.1, -0.05) is 26.8 Å². The topological polar surface area (TPSA) is 26.0 Å². The third-order valence-electron chi connectivity index (χ3n) is 3.53. The molecule has 1 aromatic carbocycles. The zero-order chi connectivity index (χ0) is 11.1. The fourth-order valence-electron chi connectivity index (χ4n) is 2.73. The summed E-state index contributed by atoms with van der Waals surface area (Å²) in [5, 5.41) is 0. The molecule has 15 heavy (non-hydrogen) atoms. The molecule has 82 valence electrons. The first kappa shape index (κ1) is 10.5. The van der Waals surface area contributed by atoms with Crippen LogP contribution >= 0.6 is 0 Å². The van der Waals surface area contributed by atoms with Crippen molar-refractivity contribution in [3.63, 3.8) is 0 Å². The minimum atomic E-state index is 0.366. The Morgan fingerprint density at radius 1 is 1.27 bits per heavy atom. The van der Waals surface area contributed by atoms with Gasteiger partial charge in [-0.15, -0.1) is 0 Å². The summed E-state index contributed by atoms with van der Waals surface area (Å²) in [5.74, 6) is 0.696. The third-order valence-corrected chi connectivity index (χ3v) is 3.53. The Bertz CT molecular complexity index is 360. The van der Waals surface area contributed by atoms with E-state index in [1.165, 1.54) is 30.4 Å². The number of hydrogen-bond acceptors (Lipinski definition) is 1. The number of aryl methyl sites for hydroxylation is 1. The Morgan fingerprint density at radius 2 is 2.00 bits per heavy atom. The Balaban J connectivity index is 2.43. The fraction of sp³-hybridized carbons (Fsp3) is 0.571. The summed E-state index contributed by atoms with van der Waals surface area (Å²) < 4.78 is 0. The average Bonchev–Trinajstić information content (AvgIpc) is 2.15. The molecule has 2 rings (SSSR count). The molecule has 0 bridgehead atoms. The first-order valence-corrected chi connectivity index (χ1v) is 5.87. The lowest BCUT2D eigenvalue weighted by molar-refractivity contribution is 0.289. The predicted octanol–water partition coefficient (Wildman–Crippen LogP) is 3.73. The van der Waals surface area contributed by atoms with Gasteiger partial charge in [-0.25, -0.2) is 0 Å². The van der Waals surface area contributed by atoms with Crippen LogP contribution in [0, 0.1) is 5.41 Å². The molecule has 0 heterocycles. The second kappa shape index (κ2) is 3.55. The summed E-state index contributed by atoms with van der Waals surface area (Å²) in [6.45, 7) is 7.01. The minimum Gasteiger partial charge on any atom is -0.399 e.